The van der Waals surface area contributed by atoms with Gasteiger partial charge in [-0.15, -0.1) is 12.4 Å². The van der Waals surface area contributed by atoms with Crippen LogP contribution in [-0.2, 0) is 6.54 Å². The van der Waals surface area contributed by atoms with Crippen molar-refractivity contribution < 1.29 is 4.74 Å². The Morgan fingerprint density at radius 2 is 1.76 bits per heavy atom. The predicted octanol–water partition coefficient (Wildman–Crippen LogP) is 4.31. The number of nitrogens with one attached hydrogen (secondary N) is 1. The first kappa shape index (κ1) is 16.9. The third kappa shape index (κ3) is 5.35. The van der Waals surface area contributed by atoms with Gasteiger partial charge in [-0.05, 0) is 37.6 Å². The molecule has 1 aromatic rings. The quantitative estimate of drug-likeness (QED) is 0.790. The molecule has 0 heterocycles. The van der Waals surface area contributed by atoms with E-state index in [-0.39, 0.29) is 12.4 Å². The van der Waals surface area contributed by atoms with Gasteiger partial charge < -0.3 is 10.1 Å². The summed E-state index contributed by atoms with van der Waals surface area (Å²) in [5.74, 6) is 0.574. The molecule has 2 nitrogen and oxygen atoms in total. The van der Waals surface area contributed by atoms with Gasteiger partial charge in [0.25, 0.3) is 0 Å². The third-order valence-electron chi connectivity index (χ3n) is 2.10. The maximum Gasteiger partial charge on any atom is 0.156 e. The highest BCUT2D eigenvalue weighted by Crippen LogP contribution is 2.34. The van der Waals surface area contributed by atoms with E-state index >= 15 is 0 Å². The number of hydrogen-bond acceptors (Lipinski definition) is 2. The largest absolute Gasteiger partial charge is 0.491 e. The molecule has 0 amide bonds. The fraction of sp³-hybridized carbons (Fsp3) is 0.500. The Bertz CT molecular complexity index is 322. The minimum absolute atomic E-state index is 0. The molecule has 1 rings (SSSR count). The summed E-state index contributed by atoms with van der Waals surface area (Å²) in [6, 6.07) is 3.78. The van der Waals surface area contributed by atoms with Crippen molar-refractivity contribution in [3.63, 3.8) is 0 Å². The van der Waals surface area contributed by atoms with Crippen molar-refractivity contribution in [3.05, 3.63) is 27.7 Å². The molecule has 1 N–H and O–H groups in total. The number of rotatable bonds is 6. The molecular weight excluding hydrogens is 280 g/mol. The van der Waals surface area contributed by atoms with Crippen LogP contribution in [0.25, 0.3) is 0 Å². The molecule has 0 unspecified atom stereocenters. The number of benzene rings is 1. The summed E-state index contributed by atoms with van der Waals surface area (Å²) in [5.41, 5.74) is 1.08. The van der Waals surface area contributed by atoms with Crippen LogP contribution in [0.15, 0.2) is 12.1 Å². The molecule has 0 fully saturated rings. The van der Waals surface area contributed by atoms with Crippen molar-refractivity contribution in [2.24, 2.45) is 0 Å². The van der Waals surface area contributed by atoms with Gasteiger partial charge in [0, 0.05) is 6.54 Å². The van der Waals surface area contributed by atoms with Gasteiger partial charge in [-0.3, -0.25) is 0 Å². The molecule has 0 atom stereocenters. The van der Waals surface area contributed by atoms with Crippen LogP contribution in [-0.4, -0.2) is 13.2 Å². The molecule has 0 saturated carbocycles. The van der Waals surface area contributed by atoms with E-state index in [9.17, 15) is 0 Å². The number of hydrogen-bond donors (Lipinski definition) is 1. The second-order valence-electron chi connectivity index (χ2n) is 3.50. The van der Waals surface area contributed by atoms with Gasteiger partial charge in [-0.25, -0.2) is 0 Å². The fourth-order valence-corrected chi connectivity index (χ4v) is 2.05. The van der Waals surface area contributed by atoms with E-state index in [1.165, 1.54) is 0 Å². The van der Waals surface area contributed by atoms with Gasteiger partial charge in [0.1, 0.15) is 0 Å². The van der Waals surface area contributed by atoms with Crippen molar-refractivity contribution in [1.29, 1.82) is 0 Å². The fourth-order valence-electron chi connectivity index (χ4n) is 1.41. The first-order valence-corrected chi connectivity index (χ1v) is 6.26. The van der Waals surface area contributed by atoms with Gasteiger partial charge in [0.2, 0.25) is 0 Å². The summed E-state index contributed by atoms with van der Waals surface area (Å²) in [6.45, 7) is 6.36. The van der Waals surface area contributed by atoms with Crippen molar-refractivity contribution in [2.45, 2.75) is 26.8 Å². The van der Waals surface area contributed by atoms with Crippen molar-refractivity contribution in [1.82, 2.24) is 5.32 Å². The summed E-state index contributed by atoms with van der Waals surface area (Å²) in [4.78, 5) is 0. The first-order chi connectivity index (χ1) is 7.69. The Kier molecular flexibility index (Phi) is 8.79. The molecule has 1 aromatic carbocycles. The van der Waals surface area contributed by atoms with Crippen molar-refractivity contribution in [3.8, 4) is 5.75 Å². The van der Waals surface area contributed by atoms with E-state index < -0.39 is 0 Å². The van der Waals surface area contributed by atoms with Crippen LogP contribution in [0.3, 0.4) is 0 Å². The smallest absolute Gasteiger partial charge is 0.156 e. The molecule has 0 saturated heterocycles. The molecule has 0 aliphatic carbocycles. The van der Waals surface area contributed by atoms with E-state index in [1.54, 1.807) is 0 Å². The highest BCUT2D eigenvalue weighted by molar-refractivity contribution is 6.37. The molecule has 0 spiro atoms. The maximum atomic E-state index is 6.09. The van der Waals surface area contributed by atoms with Crippen LogP contribution in [0.4, 0.5) is 0 Å². The molecule has 0 aromatic heterocycles. The molecule has 0 aliphatic rings. The number of ether oxygens (including phenoxy) is 1. The second-order valence-corrected chi connectivity index (χ2v) is 4.31. The van der Waals surface area contributed by atoms with E-state index in [0.29, 0.717) is 22.4 Å². The van der Waals surface area contributed by atoms with E-state index in [4.69, 9.17) is 27.9 Å². The number of halogens is 3. The lowest BCUT2D eigenvalue weighted by atomic mass is 10.2. The lowest BCUT2D eigenvalue weighted by molar-refractivity contribution is 0.340. The van der Waals surface area contributed by atoms with E-state index in [2.05, 4.69) is 12.2 Å². The topological polar surface area (TPSA) is 21.3 Å². The summed E-state index contributed by atoms with van der Waals surface area (Å²) in [5, 5.41) is 4.44. The Labute approximate surface area is 119 Å². The normalized spacial score (nSPS) is 9.88. The van der Waals surface area contributed by atoms with Crippen LogP contribution in [0, 0.1) is 0 Å². The summed E-state index contributed by atoms with van der Waals surface area (Å²) in [7, 11) is 0. The van der Waals surface area contributed by atoms with E-state index in [0.717, 1.165) is 25.1 Å². The summed E-state index contributed by atoms with van der Waals surface area (Å²) < 4.78 is 5.36. The van der Waals surface area contributed by atoms with Crippen LogP contribution in [0.1, 0.15) is 25.8 Å². The Morgan fingerprint density at radius 3 is 2.24 bits per heavy atom. The van der Waals surface area contributed by atoms with Crippen molar-refractivity contribution >= 4 is 35.6 Å². The highest BCUT2D eigenvalue weighted by atomic mass is 35.5. The molecule has 5 heteroatoms. The minimum Gasteiger partial charge on any atom is -0.491 e. The lowest BCUT2D eigenvalue weighted by Gasteiger charge is -2.10. The Hall–Kier alpha value is -0.150. The van der Waals surface area contributed by atoms with Crippen LogP contribution in [0.2, 0.25) is 10.0 Å². The van der Waals surface area contributed by atoms with Gasteiger partial charge in [-0.2, -0.15) is 0 Å². The van der Waals surface area contributed by atoms with Crippen LogP contribution in [0.5, 0.6) is 5.75 Å². The average molecular weight is 299 g/mol. The van der Waals surface area contributed by atoms with Gasteiger partial charge in [0.15, 0.2) is 5.75 Å². The molecule has 0 aliphatic heterocycles. The van der Waals surface area contributed by atoms with Crippen LogP contribution < -0.4 is 10.1 Å². The second kappa shape index (κ2) is 8.87. The monoisotopic (exact) mass is 297 g/mol. The maximum absolute atomic E-state index is 6.09. The molecule has 17 heavy (non-hydrogen) atoms. The van der Waals surface area contributed by atoms with Gasteiger partial charge in [-0.1, -0.05) is 30.1 Å². The molecule has 0 radical (unpaired) electrons. The van der Waals surface area contributed by atoms with E-state index in [1.807, 2.05) is 19.1 Å². The van der Waals surface area contributed by atoms with Gasteiger partial charge in [0.05, 0.1) is 16.7 Å². The van der Waals surface area contributed by atoms with Crippen molar-refractivity contribution in [2.75, 3.05) is 13.2 Å². The predicted molar refractivity (Wildman–Crippen MR) is 76.9 cm³/mol. The molecule has 98 valence electrons. The standard InChI is InChI=1S/C12H17Cl2NO.ClH/c1-3-5-15-8-9-6-10(13)12(16-4-2)11(14)7-9;/h6-7,15H,3-5,8H2,1-2H3;1H. The average Bonchev–Trinajstić information content (AvgIpc) is 2.24. The molecule has 0 bridgehead atoms. The SMILES string of the molecule is CCCNCc1cc(Cl)c(OCC)c(Cl)c1.Cl. The third-order valence-corrected chi connectivity index (χ3v) is 2.66. The zero-order valence-electron chi connectivity index (χ0n) is 10.1. The first-order valence-electron chi connectivity index (χ1n) is 5.50. The highest BCUT2D eigenvalue weighted by Gasteiger charge is 2.08. The minimum atomic E-state index is 0. The summed E-state index contributed by atoms with van der Waals surface area (Å²) in [6.07, 6.45) is 1.11. The van der Waals surface area contributed by atoms with Crippen LogP contribution >= 0.6 is 35.6 Å². The molecular formula is C12H18Cl3NO. The summed E-state index contributed by atoms with van der Waals surface area (Å²) >= 11 is 12.2. The Balaban J connectivity index is 0.00000256. The zero-order chi connectivity index (χ0) is 12.0. The Morgan fingerprint density at radius 1 is 1.18 bits per heavy atom. The lowest BCUT2D eigenvalue weighted by Crippen LogP contribution is -2.13. The van der Waals surface area contributed by atoms with Gasteiger partial charge >= 0.3 is 0 Å². The zero-order valence-corrected chi connectivity index (χ0v) is 12.4.